The van der Waals surface area contributed by atoms with Gasteiger partial charge in [0.05, 0.1) is 16.6 Å². The van der Waals surface area contributed by atoms with Gasteiger partial charge in [0.25, 0.3) is 0 Å². The molecule has 0 unspecified atom stereocenters. The summed E-state index contributed by atoms with van der Waals surface area (Å²) in [6.45, 7) is -0.393. The van der Waals surface area contributed by atoms with E-state index >= 15 is 0 Å². The van der Waals surface area contributed by atoms with Gasteiger partial charge in [0.1, 0.15) is 6.54 Å². The van der Waals surface area contributed by atoms with Crippen molar-refractivity contribution in [2.75, 3.05) is 5.32 Å². The Labute approximate surface area is 145 Å². The summed E-state index contributed by atoms with van der Waals surface area (Å²) < 4.78 is 6.01. The van der Waals surface area contributed by atoms with Crippen molar-refractivity contribution in [1.29, 1.82) is 0 Å². The second-order valence-corrected chi connectivity index (χ2v) is 5.37. The van der Waals surface area contributed by atoms with Crippen molar-refractivity contribution < 1.29 is 29.0 Å². The van der Waals surface area contributed by atoms with Gasteiger partial charge < -0.3 is 19.9 Å². The number of aromatic carboxylic acids is 2. The van der Waals surface area contributed by atoms with Crippen LogP contribution in [0.25, 0.3) is 11.1 Å². The highest BCUT2D eigenvalue weighted by molar-refractivity contribution is 5.94. The number of nitrogens with one attached hydrogen (secondary N) is 1. The first kappa shape index (κ1) is 17.0. The van der Waals surface area contributed by atoms with Gasteiger partial charge in [-0.2, -0.15) is 0 Å². The molecule has 9 nitrogen and oxygen atoms in total. The van der Waals surface area contributed by atoms with Gasteiger partial charge in [-0.3, -0.25) is 9.36 Å². The number of carboxylic acid groups (broad SMARTS) is 2. The first-order chi connectivity index (χ1) is 12.3. The number of carbonyl (C=O) groups excluding carboxylic acids is 1. The summed E-state index contributed by atoms with van der Waals surface area (Å²) in [5, 5.41) is 20.4. The van der Waals surface area contributed by atoms with Gasteiger partial charge in [0.15, 0.2) is 5.58 Å². The monoisotopic (exact) mass is 356 g/mol. The van der Waals surface area contributed by atoms with Crippen LogP contribution in [0, 0.1) is 0 Å². The van der Waals surface area contributed by atoms with Gasteiger partial charge in [-0.15, -0.1) is 0 Å². The minimum absolute atomic E-state index is 0.0447. The Morgan fingerprint density at radius 2 is 1.58 bits per heavy atom. The van der Waals surface area contributed by atoms with Gasteiger partial charge in [0.2, 0.25) is 5.91 Å². The number of fused-ring (bicyclic) bond motifs is 1. The van der Waals surface area contributed by atoms with E-state index in [9.17, 15) is 19.2 Å². The molecule has 3 aromatic rings. The second kappa shape index (κ2) is 6.55. The third-order valence-corrected chi connectivity index (χ3v) is 3.63. The van der Waals surface area contributed by atoms with Gasteiger partial charge in [0, 0.05) is 5.69 Å². The molecule has 26 heavy (non-hydrogen) atoms. The lowest BCUT2D eigenvalue weighted by molar-refractivity contribution is -0.116. The third-order valence-electron chi connectivity index (χ3n) is 3.63. The zero-order chi connectivity index (χ0) is 18.8. The number of rotatable bonds is 5. The molecule has 0 aliphatic heterocycles. The summed E-state index contributed by atoms with van der Waals surface area (Å²) in [6.07, 6.45) is 0. The predicted octanol–water partition coefficient (Wildman–Crippen LogP) is 1.63. The largest absolute Gasteiger partial charge is 0.478 e. The fraction of sp³-hybridized carbons (Fsp3) is 0.0588. The lowest BCUT2D eigenvalue weighted by atomic mass is 10.2. The van der Waals surface area contributed by atoms with Crippen LogP contribution in [0.2, 0.25) is 0 Å². The highest BCUT2D eigenvalue weighted by Gasteiger charge is 2.15. The summed E-state index contributed by atoms with van der Waals surface area (Å²) in [4.78, 5) is 46.0. The third kappa shape index (κ3) is 3.31. The van der Waals surface area contributed by atoms with E-state index in [0.717, 1.165) is 4.57 Å². The number of oxazole rings is 1. The zero-order valence-electron chi connectivity index (χ0n) is 13.1. The van der Waals surface area contributed by atoms with Gasteiger partial charge in [-0.25, -0.2) is 14.4 Å². The van der Waals surface area contributed by atoms with Crippen LogP contribution in [-0.2, 0) is 11.3 Å². The number of hydrogen-bond acceptors (Lipinski definition) is 5. The number of benzene rings is 2. The van der Waals surface area contributed by atoms with Gasteiger partial charge in [-0.05, 0) is 42.5 Å². The molecule has 1 amide bonds. The average Bonchev–Trinajstić information content (AvgIpc) is 2.90. The van der Waals surface area contributed by atoms with Crippen molar-refractivity contribution in [3.8, 4) is 0 Å². The molecule has 3 N–H and O–H groups in total. The smallest absolute Gasteiger partial charge is 0.420 e. The SMILES string of the molecule is O=C(Cn1c(=O)oc2ccc(C(=O)O)cc21)Nc1ccc(C(=O)O)cc1. The van der Waals surface area contributed by atoms with E-state index in [1.54, 1.807) is 0 Å². The highest BCUT2D eigenvalue weighted by atomic mass is 16.4. The molecule has 0 saturated carbocycles. The Kier molecular flexibility index (Phi) is 4.27. The minimum atomic E-state index is -1.17. The van der Waals surface area contributed by atoms with E-state index in [0.29, 0.717) is 5.69 Å². The van der Waals surface area contributed by atoms with E-state index < -0.39 is 30.1 Å². The molecule has 132 valence electrons. The van der Waals surface area contributed by atoms with Crippen LogP contribution in [-0.4, -0.2) is 32.6 Å². The number of amides is 1. The number of hydrogen-bond donors (Lipinski definition) is 3. The highest BCUT2D eigenvalue weighted by Crippen LogP contribution is 2.16. The molecule has 0 radical (unpaired) electrons. The van der Waals surface area contributed by atoms with Crippen LogP contribution in [0.3, 0.4) is 0 Å². The van der Waals surface area contributed by atoms with Crippen LogP contribution in [0.1, 0.15) is 20.7 Å². The van der Waals surface area contributed by atoms with Crippen molar-refractivity contribution in [3.05, 3.63) is 64.1 Å². The Morgan fingerprint density at radius 3 is 2.19 bits per heavy atom. The molecule has 0 fully saturated rings. The molecule has 0 aliphatic rings. The van der Waals surface area contributed by atoms with Crippen molar-refractivity contribution in [1.82, 2.24) is 4.57 Å². The quantitative estimate of drug-likeness (QED) is 0.631. The molecule has 0 aliphatic carbocycles. The Morgan fingerprint density at radius 1 is 0.962 bits per heavy atom. The molecule has 0 saturated heterocycles. The van der Waals surface area contributed by atoms with Gasteiger partial charge in [-0.1, -0.05) is 0 Å². The summed E-state index contributed by atoms with van der Waals surface area (Å²) in [5.74, 6) is -3.61. The predicted molar refractivity (Wildman–Crippen MR) is 89.5 cm³/mol. The Balaban J connectivity index is 1.83. The number of aromatic nitrogens is 1. The second-order valence-electron chi connectivity index (χ2n) is 5.37. The summed E-state index contributed by atoms with van der Waals surface area (Å²) >= 11 is 0. The molecule has 2 aromatic carbocycles. The topological polar surface area (TPSA) is 139 Å². The number of carbonyl (C=O) groups is 3. The Bertz CT molecular complexity index is 1080. The molecule has 0 bridgehead atoms. The van der Waals surface area contributed by atoms with Crippen LogP contribution in [0.4, 0.5) is 5.69 Å². The summed E-state index contributed by atoms with van der Waals surface area (Å²) in [7, 11) is 0. The normalized spacial score (nSPS) is 10.6. The number of nitrogens with zero attached hydrogens (tertiary/aromatic N) is 1. The summed E-state index contributed by atoms with van der Waals surface area (Å²) in [6, 6.07) is 9.38. The van der Waals surface area contributed by atoms with Crippen LogP contribution < -0.4 is 11.1 Å². The molecule has 3 rings (SSSR count). The van der Waals surface area contributed by atoms with E-state index in [4.69, 9.17) is 14.6 Å². The average molecular weight is 356 g/mol. The first-order valence-electron chi connectivity index (χ1n) is 7.35. The minimum Gasteiger partial charge on any atom is -0.478 e. The van der Waals surface area contributed by atoms with Crippen LogP contribution in [0.5, 0.6) is 0 Å². The fourth-order valence-electron chi connectivity index (χ4n) is 2.39. The van der Waals surface area contributed by atoms with Crippen molar-refractivity contribution in [2.24, 2.45) is 0 Å². The maximum absolute atomic E-state index is 12.2. The fourth-order valence-corrected chi connectivity index (χ4v) is 2.39. The van der Waals surface area contributed by atoms with E-state index in [2.05, 4.69) is 5.32 Å². The van der Waals surface area contributed by atoms with Crippen LogP contribution in [0.15, 0.2) is 51.7 Å². The Hall–Kier alpha value is -3.88. The maximum atomic E-state index is 12.2. The lowest BCUT2D eigenvalue weighted by Gasteiger charge is -2.06. The van der Waals surface area contributed by atoms with Crippen molar-refractivity contribution >= 4 is 34.6 Å². The molecular formula is C17H12N2O7. The standard InChI is InChI=1S/C17H12N2O7/c20-14(18-11-4-1-9(2-5-11)15(21)22)8-19-12-7-10(16(23)24)3-6-13(12)26-17(19)25/h1-7H,8H2,(H,18,20)(H,21,22)(H,23,24). The number of carboxylic acids is 2. The number of anilines is 1. The molecule has 0 spiro atoms. The molecule has 0 atom stereocenters. The zero-order valence-corrected chi connectivity index (χ0v) is 13.1. The van der Waals surface area contributed by atoms with E-state index in [-0.39, 0.29) is 22.2 Å². The maximum Gasteiger partial charge on any atom is 0.420 e. The first-order valence-corrected chi connectivity index (χ1v) is 7.35. The van der Waals surface area contributed by atoms with Crippen molar-refractivity contribution in [2.45, 2.75) is 6.54 Å². The molecule has 1 heterocycles. The molecule has 9 heteroatoms. The molecule has 1 aromatic heterocycles. The lowest BCUT2D eigenvalue weighted by Crippen LogP contribution is -2.24. The molecular weight excluding hydrogens is 344 g/mol. The van der Waals surface area contributed by atoms with Gasteiger partial charge >= 0.3 is 17.7 Å². The van der Waals surface area contributed by atoms with Crippen LogP contribution >= 0.6 is 0 Å². The van der Waals surface area contributed by atoms with E-state index in [1.165, 1.54) is 42.5 Å². The van der Waals surface area contributed by atoms with E-state index in [1.807, 2.05) is 0 Å². The summed E-state index contributed by atoms with van der Waals surface area (Å²) in [5.41, 5.74) is 0.731. The van der Waals surface area contributed by atoms with Crippen molar-refractivity contribution in [3.63, 3.8) is 0 Å².